The Morgan fingerprint density at radius 2 is 2.32 bits per heavy atom. The lowest BCUT2D eigenvalue weighted by Crippen LogP contribution is -2.28. The second-order valence-electron chi connectivity index (χ2n) is 3.98. The zero-order chi connectivity index (χ0) is 14.1. The van der Waals surface area contributed by atoms with Crippen molar-refractivity contribution in [1.82, 2.24) is 9.88 Å². The Hall–Kier alpha value is -1.60. The second kappa shape index (κ2) is 8.49. The molecule has 0 atom stereocenters. The summed E-state index contributed by atoms with van der Waals surface area (Å²) in [7, 11) is 3.68. The van der Waals surface area contributed by atoms with Gasteiger partial charge in [-0.1, -0.05) is 0 Å². The van der Waals surface area contributed by atoms with Gasteiger partial charge < -0.3 is 24.1 Å². The van der Waals surface area contributed by atoms with E-state index in [4.69, 9.17) is 13.9 Å². The fourth-order valence-corrected chi connectivity index (χ4v) is 1.37. The topological polar surface area (TPSA) is 76.8 Å². The van der Waals surface area contributed by atoms with E-state index in [-0.39, 0.29) is 5.69 Å². The van der Waals surface area contributed by atoms with Crippen LogP contribution >= 0.6 is 0 Å². The smallest absolute Gasteiger partial charge is 0.360 e. The third kappa shape index (κ3) is 5.71. The van der Waals surface area contributed by atoms with Crippen LogP contribution in [-0.4, -0.2) is 62.9 Å². The highest BCUT2D eigenvalue weighted by Gasteiger charge is 2.12. The highest BCUT2D eigenvalue weighted by atomic mass is 16.5. The van der Waals surface area contributed by atoms with Crippen LogP contribution in [-0.2, 0) is 9.47 Å². The number of aromatic nitrogens is 1. The molecule has 0 unspecified atom stereocenters. The van der Waals surface area contributed by atoms with Gasteiger partial charge in [-0.15, -0.1) is 0 Å². The summed E-state index contributed by atoms with van der Waals surface area (Å²) in [5.41, 5.74) is 0.178. The van der Waals surface area contributed by atoms with Crippen LogP contribution in [0.15, 0.2) is 10.7 Å². The van der Waals surface area contributed by atoms with Gasteiger partial charge in [0.1, 0.15) is 6.26 Å². The van der Waals surface area contributed by atoms with Gasteiger partial charge in [0.25, 0.3) is 6.01 Å². The van der Waals surface area contributed by atoms with Crippen LogP contribution in [0.3, 0.4) is 0 Å². The molecule has 1 aromatic heterocycles. The van der Waals surface area contributed by atoms with Crippen molar-refractivity contribution in [3.8, 4) is 0 Å². The Balaban J connectivity index is 2.28. The minimum atomic E-state index is -0.475. The zero-order valence-corrected chi connectivity index (χ0v) is 11.6. The van der Waals surface area contributed by atoms with Gasteiger partial charge in [-0.3, -0.25) is 0 Å². The summed E-state index contributed by atoms with van der Waals surface area (Å²) in [6, 6.07) is 0.322. The molecule has 0 aliphatic heterocycles. The molecule has 1 heterocycles. The highest BCUT2D eigenvalue weighted by Crippen LogP contribution is 2.08. The van der Waals surface area contributed by atoms with E-state index in [9.17, 15) is 4.79 Å². The molecule has 7 heteroatoms. The summed E-state index contributed by atoms with van der Waals surface area (Å²) in [6.45, 7) is 5.11. The van der Waals surface area contributed by atoms with E-state index in [0.29, 0.717) is 25.8 Å². The van der Waals surface area contributed by atoms with Crippen molar-refractivity contribution in [1.29, 1.82) is 0 Å². The van der Waals surface area contributed by atoms with E-state index in [1.54, 1.807) is 14.0 Å². The molecule has 0 saturated carbocycles. The predicted molar refractivity (Wildman–Crippen MR) is 70.3 cm³/mol. The number of anilines is 1. The van der Waals surface area contributed by atoms with Gasteiger partial charge in [-0.25, -0.2) is 4.79 Å². The molecular formula is C12H21N3O4. The molecule has 0 fully saturated rings. The predicted octanol–water partition coefficient (Wildman–Crippen LogP) is 0.841. The van der Waals surface area contributed by atoms with Gasteiger partial charge >= 0.3 is 5.97 Å². The molecule has 108 valence electrons. The molecule has 1 aromatic rings. The van der Waals surface area contributed by atoms with Crippen molar-refractivity contribution < 1.29 is 18.7 Å². The first-order valence-electron chi connectivity index (χ1n) is 6.21. The first kappa shape index (κ1) is 15.5. The van der Waals surface area contributed by atoms with Gasteiger partial charge in [0.05, 0.1) is 13.2 Å². The molecule has 0 bridgehead atoms. The molecule has 0 saturated heterocycles. The number of carbonyl (C=O) groups excluding carboxylic acids is 1. The number of hydrogen-bond acceptors (Lipinski definition) is 7. The van der Waals surface area contributed by atoms with Crippen molar-refractivity contribution >= 4 is 12.0 Å². The Morgan fingerprint density at radius 3 is 3.00 bits per heavy atom. The maximum atomic E-state index is 11.4. The van der Waals surface area contributed by atoms with Crippen molar-refractivity contribution in [3.63, 3.8) is 0 Å². The number of ether oxygens (including phenoxy) is 2. The van der Waals surface area contributed by atoms with Crippen LogP contribution in [0.1, 0.15) is 17.4 Å². The number of likely N-dealkylation sites (N-methyl/N-ethyl adjacent to an activating group) is 1. The molecule has 0 spiro atoms. The molecule has 0 amide bonds. The summed E-state index contributed by atoms with van der Waals surface area (Å²) in [5.74, 6) is -0.475. The number of nitrogens with one attached hydrogen (secondary N) is 1. The lowest BCUT2D eigenvalue weighted by Gasteiger charge is -2.15. The van der Waals surface area contributed by atoms with Gasteiger partial charge in [0.2, 0.25) is 0 Å². The zero-order valence-electron chi connectivity index (χ0n) is 11.6. The van der Waals surface area contributed by atoms with Crippen LogP contribution < -0.4 is 5.32 Å². The number of oxazole rings is 1. The van der Waals surface area contributed by atoms with E-state index >= 15 is 0 Å². The maximum Gasteiger partial charge on any atom is 0.360 e. The second-order valence-corrected chi connectivity index (χ2v) is 3.98. The minimum Gasteiger partial charge on any atom is -0.461 e. The normalized spacial score (nSPS) is 10.7. The number of carbonyl (C=O) groups is 1. The Labute approximate surface area is 112 Å². The molecule has 7 nitrogen and oxygen atoms in total. The van der Waals surface area contributed by atoms with Gasteiger partial charge in [0, 0.05) is 26.7 Å². The van der Waals surface area contributed by atoms with E-state index in [0.717, 1.165) is 13.1 Å². The fourth-order valence-electron chi connectivity index (χ4n) is 1.37. The van der Waals surface area contributed by atoms with Gasteiger partial charge in [-0.05, 0) is 14.0 Å². The van der Waals surface area contributed by atoms with E-state index in [1.807, 2.05) is 7.05 Å². The standard InChI is InChI=1S/C12H21N3O4/c1-4-18-11(16)10-9-19-12(14-10)13-5-6-15(2)7-8-17-3/h9H,4-8H2,1-3H3,(H,13,14). The first-order valence-corrected chi connectivity index (χ1v) is 6.21. The fraction of sp³-hybridized carbons (Fsp3) is 0.667. The minimum absolute atomic E-state index is 0.178. The summed E-state index contributed by atoms with van der Waals surface area (Å²) in [5, 5.41) is 3.00. The van der Waals surface area contributed by atoms with E-state index in [2.05, 4.69) is 15.2 Å². The van der Waals surface area contributed by atoms with Gasteiger partial charge in [-0.2, -0.15) is 4.98 Å². The third-order valence-corrected chi connectivity index (χ3v) is 2.44. The summed E-state index contributed by atoms with van der Waals surface area (Å²) < 4.78 is 14.9. The lowest BCUT2D eigenvalue weighted by atomic mass is 10.5. The molecule has 0 aliphatic carbocycles. The molecule has 1 N–H and O–H groups in total. The largest absolute Gasteiger partial charge is 0.461 e. The molecule has 0 aromatic carbocycles. The quantitative estimate of drug-likeness (QED) is 0.667. The number of rotatable bonds is 9. The Bertz CT molecular complexity index is 381. The van der Waals surface area contributed by atoms with Crippen molar-refractivity contribution in [2.45, 2.75) is 6.92 Å². The Kier molecular flexibility index (Phi) is 6.91. The van der Waals surface area contributed by atoms with Gasteiger partial charge in [0.15, 0.2) is 5.69 Å². The molecule has 19 heavy (non-hydrogen) atoms. The monoisotopic (exact) mass is 271 g/mol. The molecular weight excluding hydrogens is 250 g/mol. The third-order valence-electron chi connectivity index (χ3n) is 2.44. The average molecular weight is 271 g/mol. The summed E-state index contributed by atoms with van der Waals surface area (Å²) >= 11 is 0. The average Bonchev–Trinajstić information content (AvgIpc) is 2.85. The molecule has 1 rings (SSSR count). The van der Waals surface area contributed by atoms with E-state index in [1.165, 1.54) is 6.26 Å². The van der Waals surface area contributed by atoms with Crippen molar-refractivity contribution in [2.75, 3.05) is 52.3 Å². The van der Waals surface area contributed by atoms with Crippen LogP contribution in [0.25, 0.3) is 0 Å². The maximum absolute atomic E-state index is 11.4. The number of hydrogen-bond donors (Lipinski definition) is 1. The van der Waals surface area contributed by atoms with Crippen molar-refractivity contribution in [3.05, 3.63) is 12.0 Å². The number of methoxy groups -OCH3 is 1. The summed E-state index contributed by atoms with van der Waals surface area (Å²) in [4.78, 5) is 17.5. The molecule has 0 aliphatic rings. The number of nitrogens with zero attached hydrogens (tertiary/aromatic N) is 2. The highest BCUT2D eigenvalue weighted by molar-refractivity contribution is 5.87. The number of esters is 1. The summed E-state index contributed by atoms with van der Waals surface area (Å²) in [6.07, 6.45) is 1.29. The SMILES string of the molecule is CCOC(=O)c1coc(NCCN(C)CCOC)n1. The molecule has 0 radical (unpaired) electrons. The van der Waals surface area contributed by atoms with Crippen LogP contribution in [0.4, 0.5) is 6.01 Å². The van der Waals surface area contributed by atoms with Crippen molar-refractivity contribution in [2.24, 2.45) is 0 Å². The van der Waals surface area contributed by atoms with Crippen LogP contribution in [0.5, 0.6) is 0 Å². The van der Waals surface area contributed by atoms with E-state index < -0.39 is 5.97 Å². The van der Waals surface area contributed by atoms with Crippen LogP contribution in [0.2, 0.25) is 0 Å². The van der Waals surface area contributed by atoms with Crippen LogP contribution in [0, 0.1) is 0 Å². The lowest BCUT2D eigenvalue weighted by molar-refractivity contribution is 0.0519. The first-order chi connectivity index (χ1) is 9.17. The Morgan fingerprint density at radius 1 is 1.53 bits per heavy atom.